The molecule has 46 heavy (non-hydrogen) atoms. The molecule has 0 amide bonds. The molecule has 7 rings (SSSR count). The highest BCUT2D eigenvalue weighted by Gasteiger charge is 2.38. The second-order valence-corrected chi connectivity index (χ2v) is 16.5. The first kappa shape index (κ1) is 29.6. The van der Waals surface area contributed by atoms with Crippen LogP contribution in [0.3, 0.4) is 0 Å². The van der Waals surface area contributed by atoms with Gasteiger partial charge in [0.05, 0.1) is 5.69 Å². The first-order valence-corrected chi connectivity index (χ1v) is 18.6. The van der Waals surface area contributed by atoms with Crippen LogP contribution < -0.4 is 31.8 Å². The fraction of sp³-hybridized carbons (Fsp3) is 0. The van der Waals surface area contributed by atoms with Gasteiger partial charge >= 0.3 is 0 Å². The summed E-state index contributed by atoms with van der Waals surface area (Å²) >= 11 is 0. The van der Waals surface area contributed by atoms with E-state index in [0.29, 0.717) is 43.1 Å². The van der Waals surface area contributed by atoms with Crippen LogP contribution in [0.25, 0.3) is 22.4 Å². The lowest BCUT2D eigenvalue weighted by Gasteiger charge is -2.28. The van der Waals surface area contributed by atoms with Gasteiger partial charge in [-0.3, -0.25) is 4.98 Å². The van der Waals surface area contributed by atoms with E-state index in [0.717, 1.165) is 11.1 Å². The lowest BCUT2D eigenvalue weighted by Crippen LogP contribution is -2.33. The summed E-state index contributed by atoms with van der Waals surface area (Å²) in [4.78, 5) is 5.01. The van der Waals surface area contributed by atoms with E-state index in [4.69, 9.17) is 4.98 Å². The van der Waals surface area contributed by atoms with Crippen LogP contribution in [-0.4, -0.2) is 4.98 Å². The molecule has 6 aromatic carbocycles. The van der Waals surface area contributed by atoms with Crippen molar-refractivity contribution in [1.82, 2.24) is 4.98 Å². The molecule has 222 valence electrons. The Morgan fingerprint density at radius 2 is 0.717 bits per heavy atom. The summed E-state index contributed by atoms with van der Waals surface area (Å²) in [6, 6.07) is 58.2. The van der Waals surface area contributed by atoms with Gasteiger partial charge in [0, 0.05) is 49.2 Å². The minimum atomic E-state index is -3.49. The van der Waals surface area contributed by atoms with Crippen LogP contribution >= 0.6 is 14.3 Å². The zero-order valence-corrected chi connectivity index (χ0v) is 26.8. The Labute approximate surface area is 270 Å². The molecule has 0 unspecified atom stereocenters. The quantitative estimate of drug-likeness (QED) is 0.162. The van der Waals surface area contributed by atoms with Crippen molar-refractivity contribution in [3.8, 4) is 22.4 Å². The first-order chi connectivity index (χ1) is 22.6. The van der Waals surface area contributed by atoms with Crippen molar-refractivity contribution in [1.29, 1.82) is 0 Å². The minimum absolute atomic E-state index is 0.606. The van der Waals surface area contributed by atoms with Crippen molar-refractivity contribution >= 4 is 46.1 Å². The maximum atomic E-state index is 15.9. The van der Waals surface area contributed by atoms with E-state index in [9.17, 15) is 0 Å². The van der Waals surface area contributed by atoms with Crippen molar-refractivity contribution in [2.75, 3.05) is 0 Å². The SMILES string of the molecule is O=P(c1ccccc1)(c1ccccc1)c1cccc(P(=O)(c2ccccc2)c2ccccc2)c1-c1ccc(-c2ccccc2)cn1. The van der Waals surface area contributed by atoms with Crippen LogP contribution in [0.15, 0.2) is 188 Å². The monoisotopic (exact) mass is 631 g/mol. The Balaban J connectivity index is 1.58. The number of rotatable bonds is 8. The molecule has 0 bridgehead atoms. The molecular weight excluding hydrogens is 600 g/mol. The zero-order chi connectivity index (χ0) is 31.4. The average molecular weight is 632 g/mol. The van der Waals surface area contributed by atoms with E-state index in [1.807, 2.05) is 188 Å². The molecule has 0 radical (unpaired) electrons. The van der Waals surface area contributed by atoms with Gasteiger partial charge in [0.1, 0.15) is 0 Å². The summed E-state index contributed by atoms with van der Waals surface area (Å²) in [7, 11) is -6.98. The Morgan fingerprint density at radius 3 is 1.07 bits per heavy atom. The van der Waals surface area contributed by atoms with E-state index in [2.05, 4.69) is 0 Å². The second-order valence-electron chi connectivity index (χ2n) is 11.0. The van der Waals surface area contributed by atoms with E-state index < -0.39 is 14.3 Å². The maximum absolute atomic E-state index is 15.9. The van der Waals surface area contributed by atoms with E-state index >= 15 is 9.13 Å². The molecule has 0 aliphatic carbocycles. The Morgan fingerprint density at radius 1 is 0.348 bits per heavy atom. The smallest absolute Gasteiger partial charge is 0.171 e. The second kappa shape index (κ2) is 12.7. The lowest BCUT2D eigenvalue weighted by molar-refractivity contribution is 0.592. The summed E-state index contributed by atoms with van der Waals surface area (Å²) in [6.45, 7) is 0. The Hall–Kier alpha value is -5.07. The molecule has 0 atom stereocenters. The predicted octanol–water partition coefficient (Wildman–Crippen LogP) is 7.69. The first-order valence-electron chi connectivity index (χ1n) is 15.2. The summed E-state index contributed by atoms with van der Waals surface area (Å²) < 4.78 is 31.9. The fourth-order valence-electron chi connectivity index (χ4n) is 6.06. The normalized spacial score (nSPS) is 11.7. The van der Waals surface area contributed by atoms with Gasteiger partial charge in [-0.05, 0) is 11.6 Å². The topological polar surface area (TPSA) is 47.0 Å². The van der Waals surface area contributed by atoms with Gasteiger partial charge in [0.2, 0.25) is 0 Å². The van der Waals surface area contributed by atoms with E-state index in [1.165, 1.54) is 0 Å². The number of benzene rings is 6. The molecule has 0 spiro atoms. The van der Waals surface area contributed by atoms with Gasteiger partial charge in [0.15, 0.2) is 14.3 Å². The van der Waals surface area contributed by atoms with Gasteiger partial charge < -0.3 is 9.13 Å². The molecule has 0 N–H and O–H groups in total. The van der Waals surface area contributed by atoms with Crippen molar-refractivity contribution in [2.24, 2.45) is 0 Å². The van der Waals surface area contributed by atoms with E-state index in [1.54, 1.807) is 0 Å². The van der Waals surface area contributed by atoms with Gasteiger partial charge in [-0.25, -0.2) is 0 Å². The molecule has 1 aromatic heterocycles. The van der Waals surface area contributed by atoms with Crippen LogP contribution in [-0.2, 0) is 9.13 Å². The molecule has 5 heteroatoms. The van der Waals surface area contributed by atoms with Gasteiger partial charge in [0.25, 0.3) is 0 Å². The van der Waals surface area contributed by atoms with Crippen LogP contribution in [0.4, 0.5) is 0 Å². The number of aromatic nitrogens is 1. The Kier molecular flexibility index (Phi) is 8.20. The van der Waals surface area contributed by atoms with Gasteiger partial charge in [-0.2, -0.15) is 0 Å². The van der Waals surface area contributed by atoms with Crippen LogP contribution in [0.2, 0.25) is 0 Å². The van der Waals surface area contributed by atoms with Gasteiger partial charge in [-0.1, -0.05) is 176 Å². The number of hydrogen-bond acceptors (Lipinski definition) is 3. The van der Waals surface area contributed by atoms with Gasteiger partial charge in [-0.15, -0.1) is 0 Å². The summed E-state index contributed by atoms with van der Waals surface area (Å²) in [5.74, 6) is 0. The van der Waals surface area contributed by atoms with Crippen molar-refractivity contribution in [3.63, 3.8) is 0 Å². The zero-order valence-electron chi connectivity index (χ0n) is 25.1. The standard InChI is InChI=1S/C41H31NO2P2/c43-45(34-19-8-2-9-20-34,35-21-10-3-11-22-35)39-27-16-28-40(41(39)38-30-29-33(31-42-38)32-17-6-1-7-18-32)46(44,36-23-12-4-13-24-36)37-25-14-5-15-26-37/h1-31H. The number of hydrogen-bond donors (Lipinski definition) is 0. The number of pyridine rings is 1. The molecule has 7 aromatic rings. The van der Waals surface area contributed by atoms with Crippen molar-refractivity contribution in [2.45, 2.75) is 0 Å². The van der Waals surface area contributed by atoms with E-state index in [-0.39, 0.29) is 0 Å². The van der Waals surface area contributed by atoms with Crippen LogP contribution in [0, 0.1) is 0 Å². The van der Waals surface area contributed by atoms with Crippen LogP contribution in [0.5, 0.6) is 0 Å². The molecule has 0 aliphatic rings. The minimum Gasteiger partial charge on any atom is -0.309 e. The molecule has 0 saturated heterocycles. The third kappa shape index (κ3) is 5.29. The molecule has 0 fully saturated rings. The largest absolute Gasteiger partial charge is 0.309 e. The van der Waals surface area contributed by atoms with Crippen LogP contribution in [0.1, 0.15) is 0 Å². The highest BCUT2D eigenvalue weighted by atomic mass is 31.2. The third-order valence-corrected chi connectivity index (χ3v) is 14.5. The maximum Gasteiger partial charge on any atom is 0.171 e. The lowest BCUT2D eigenvalue weighted by atomic mass is 10.1. The molecule has 1 heterocycles. The third-order valence-electron chi connectivity index (χ3n) is 8.30. The number of nitrogens with zero attached hydrogens (tertiary/aromatic N) is 1. The summed E-state index contributed by atoms with van der Waals surface area (Å²) in [5, 5.41) is 4.03. The molecular formula is C41H31NO2P2. The van der Waals surface area contributed by atoms with Crippen molar-refractivity contribution in [3.05, 3.63) is 188 Å². The predicted molar refractivity (Wildman–Crippen MR) is 194 cm³/mol. The average Bonchev–Trinajstić information content (AvgIpc) is 3.16. The summed E-state index contributed by atoms with van der Waals surface area (Å²) in [5.41, 5.74) is 3.26. The summed E-state index contributed by atoms with van der Waals surface area (Å²) in [6.07, 6.45) is 1.84. The molecule has 0 aliphatic heterocycles. The highest BCUT2D eigenvalue weighted by Crippen LogP contribution is 2.49. The Bertz CT molecular complexity index is 1970. The van der Waals surface area contributed by atoms with Crippen molar-refractivity contribution < 1.29 is 9.13 Å². The molecule has 3 nitrogen and oxygen atoms in total. The fourth-order valence-corrected chi connectivity index (χ4v) is 11.9. The molecule has 0 saturated carbocycles. The highest BCUT2D eigenvalue weighted by molar-refractivity contribution is 7.87.